The molecule has 34 heavy (non-hydrogen) atoms. The van der Waals surface area contributed by atoms with Gasteiger partial charge in [-0.05, 0) is 36.5 Å². The highest BCUT2D eigenvalue weighted by atomic mass is 32.2. The van der Waals surface area contributed by atoms with Gasteiger partial charge in [0.2, 0.25) is 10.0 Å². The third-order valence-electron chi connectivity index (χ3n) is 6.21. The Bertz CT molecular complexity index is 910. The minimum Gasteiger partial charge on any atom is -0.443 e. The minimum atomic E-state index is -3.86. The van der Waals surface area contributed by atoms with Gasteiger partial charge in [0.15, 0.2) is 6.29 Å². The van der Waals surface area contributed by atoms with Gasteiger partial charge in [0.05, 0.1) is 36.2 Å². The number of nitrogens with zero attached hydrogens (tertiary/aromatic N) is 1. The zero-order valence-electron chi connectivity index (χ0n) is 20.1. The highest BCUT2D eigenvalue weighted by Crippen LogP contribution is 2.33. The number of nitrogens with one attached hydrogen (secondary N) is 1. The number of amides is 1. The van der Waals surface area contributed by atoms with E-state index in [9.17, 15) is 18.3 Å². The van der Waals surface area contributed by atoms with Gasteiger partial charge >= 0.3 is 6.09 Å². The molecule has 2 aliphatic rings. The van der Waals surface area contributed by atoms with E-state index >= 15 is 0 Å². The summed E-state index contributed by atoms with van der Waals surface area (Å²) in [5.74, 6) is 0.0420. The lowest BCUT2D eigenvalue weighted by atomic mass is 10.0. The molecule has 3 rings (SSSR count). The van der Waals surface area contributed by atoms with Gasteiger partial charge in [-0.1, -0.05) is 32.9 Å². The summed E-state index contributed by atoms with van der Waals surface area (Å²) in [5, 5.41) is 13.6. The van der Waals surface area contributed by atoms with Crippen LogP contribution in [0.3, 0.4) is 0 Å². The van der Waals surface area contributed by atoms with Crippen molar-refractivity contribution in [1.82, 2.24) is 9.62 Å². The maximum Gasteiger partial charge on any atom is 0.407 e. The molecule has 4 N–H and O–H groups in total. The molecular weight excluding hydrogens is 462 g/mol. The Hall–Kier alpha value is -1.76. The van der Waals surface area contributed by atoms with Crippen LogP contribution < -0.4 is 11.1 Å². The summed E-state index contributed by atoms with van der Waals surface area (Å²) in [6.45, 7) is 6.83. The Morgan fingerprint density at radius 1 is 1.26 bits per heavy atom. The number of aliphatic hydroxyl groups excluding tert-OH is 1. The first-order valence-electron chi connectivity index (χ1n) is 11.8. The van der Waals surface area contributed by atoms with Crippen molar-refractivity contribution >= 4 is 16.1 Å². The summed E-state index contributed by atoms with van der Waals surface area (Å²) in [4.78, 5) is 12.7. The van der Waals surface area contributed by atoms with Crippen LogP contribution in [0.25, 0.3) is 0 Å². The molecule has 2 heterocycles. The maximum absolute atomic E-state index is 13.3. The number of carbonyl (C=O) groups excluding carboxylic acids is 1. The van der Waals surface area contributed by atoms with Crippen LogP contribution in [0, 0.1) is 11.8 Å². The lowest BCUT2D eigenvalue weighted by Crippen LogP contribution is -2.50. The van der Waals surface area contributed by atoms with Gasteiger partial charge in [0.25, 0.3) is 0 Å². The Labute approximate surface area is 201 Å². The summed E-state index contributed by atoms with van der Waals surface area (Å²) in [6, 6.07) is 5.71. The smallest absolute Gasteiger partial charge is 0.407 e. The number of fused-ring (bicyclic) bond motifs is 1. The summed E-state index contributed by atoms with van der Waals surface area (Å²) in [5.41, 5.74) is 6.44. The molecule has 5 atom stereocenters. The van der Waals surface area contributed by atoms with E-state index in [4.69, 9.17) is 19.9 Å². The number of hydrogen-bond donors (Lipinski definition) is 3. The molecular formula is C23H37N3O7S. The number of sulfonamides is 1. The first-order valence-corrected chi connectivity index (χ1v) is 13.3. The molecule has 0 unspecified atom stereocenters. The number of carbonyl (C=O) groups is 1. The Balaban J connectivity index is 1.65. The van der Waals surface area contributed by atoms with E-state index in [-0.39, 0.29) is 42.7 Å². The summed E-state index contributed by atoms with van der Waals surface area (Å²) < 4.78 is 44.4. The van der Waals surface area contributed by atoms with Gasteiger partial charge in [-0.3, -0.25) is 0 Å². The zero-order valence-corrected chi connectivity index (χ0v) is 20.9. The summed E-state index contributed by atoms with van der Waals surface area (Å²) in [6.07, 6.45) is -1.38. The predicted molar refractivity (Wildman–Crippen MR) is 125 cm³/mol. The van der Waals surface area contributed by atoms with Gasteiger partial charge in [-0.25, -0.2) is 13.2 Å². The van der Waals surface area contributed by atoms with Crippen LogP contribution in [0.1, 0.15) is 39.2 Å². The number of aliphatic hydroxyl groups is 1. The first-order chi connectivity index (χ1) is 16.1. The van der Waals surface area contributed by atoms with Crippen LogP contribution in [-0.4, -0.2) is 74.8 Å². The van der Waals surface area contributed by atoms with Crippen molar-refractivity contribution in [2.45, 2.75) is 69.6 Å². The fourth-order valence-electron chi connectivity index (χ4n) is 4.30. The van der Waals surface area contributed by atoms with Crippen LogP contribution in [0.15, 0.2) is 29.2 Å². The van der Waals surface area contributed by atoms with E-state index in [2.05, 4.69) is 5.32 Å². The van der Waals surface area contributed by atoms with Crippen LogP contribution in [0.5, 0.6) is 0 Å². The summed E-state index contributed by atoms with van der Waals surface area (Å²) >= 11 is 0. The molecule has 2 fully saturated rings. The van der Waals surface area contributed by atoms with Crippen LogP contribution in [0.2, 0.25) is 0 Å². The van der Waals surface area contributed by atoms with Gasteiger partial charge in [-0.15, -0.1) is 0 Å². The molecule has 0 spiro atoms. The molecule has 0 bridgehead atoms. The van der Waals surface area contributed by atoms with Crippen molar-refractivity contribution in [2.75, 3.05) is 26.3 Å². The molecule has 11 heteroatoms. The van der Waals surface area contributed by atoms with E-state index in [0.717, 1.165) is 12.0 Å². The van der Waals surface area contributed by atoms with E-state index in [1.807, 2.05) is 13.8 Å². The number of hydrogen-bond acceptors (Lipinski definition) is 8. The van der Waals surface area contributed by atoms with Crippen molar-refractivity contribution in [3.8, 4) is 0 Å². The summed E-state index contributed by atoms with van der Waals surface area (Å²) in [7, 11) is -3.86. The standard InChI is InChI=1S/C23H37N3O7S/c1-4-19(25-23(28)33-21-14-32-22-18(21)9-10-31-22)20(27)13-26(12-15(2)3)34(29,30)17-7-5-16(11-24)6-8-17/h5-8,15,18-22,27H,4,9-14,24H2,1-3H3,(H,25,28)/t18-,19-,20+,21-,22+/m0/s1. The van der Waals surface area contributed by atoms with Gasteiger partial charge in [-0.2, -0.15) is 4.31 Å². The van der Waals surface area contributed by atoms with Gasteiger partial charge in [0.1, 0.15) is 6.10 Å². The van der Waals surface area contributed by atoms with Crippen LogP contribution >= 0.6 is 0 Å². The Morgan fingerprint density at radius 2 is 1.97 bits per heavy atom. The fourth-order valence-corrected chi connectivity index (χ4v) is 5.92. The molecule has 1 aromatic carbocycles. The Kier molecular flexibility index (Phi) is 9.30. The highest BCUT2D eigenvalue weighted by molar-refractivity contribution is 7.89. The quantitative estimate of drug-likeness (QED) is 0.415. The first kappa shape index (κ1) is 26.8. The molecule has 0 aliphatic carbocycles. The molecule has 0 saturated carbocycles. The van der Waals surface area contributed by atoms with Crippen LogP contribution in [0.4, 0.5) is 4.79 Å². The van der Waals surface area contributed by atoms with E-state index < -0.39 is 34.4 Å². The third-order valence-corrected chi connectivity index (χ3v) is 8.05. The van der Waals surface area contributed by atoms with E-state index in [1.165, 1.54) is 16.4 Å². The monoisotopic (exact) mass is 499 g/mol. The number of ether oxygens (including phenoxy) is 3. The SMILES string of the molecule is CC[C@H](NC(=O)O[C@H]1CO[C@H]2OCC[C@H]21)[C@H](O)CN(CC(C)C)S(=O)(=O)c1ccc(CN)cc1. The second kappa shape index (κ2) is 11.8. The highest BCUT2D eigenvalue weighted by Gasteiger charge is 2.44. The van der Waals surface area contributed by atoms with Gasteiger partial charge in [0, 0.05) is 19.6 Å². The van der Waals surface area contributed by atoms with Crippen molar-refractivity contribution in [1.29, 1.82) is 0 Å². The average molecular weight is 500 g/mol. The van der Waals surface area contributed by atoms with Gasteiger partial charge < -0.3 is 30.4 Å². The fraction of sp³-hybridized carbons (Fsp3) is 0.696. The molecule has 1 aromatic rings. The number of alkyl carbamates (subject to hydrolysis) is 1. The molecule has 192 valence electrons. The van der Waals surface area contributed by atoms with Crippen molar-refractivity contribution in [3.63, 3.8) is 0 Å². The normalized spacial score (nSPS) is 24.3. The predicted octanol–water partition coefficient (Wildman–Crippen LogP) is 1.42. The van der Waals surface area contributed by atoms with E-state index in [0.29, 0.717) is 19.6 Å². The molecule has 10 nitrogen and oxygen atoms in total. The second-order valence-corrected chi connectivity index (χ2v) is 11.2. The topological polar surface area (TPSA) is 140 Å². The molecule has 0 radical (unpaired) electrons. The largest absolute Gasteiger partial charge is 0.443 e. The van der Waals surface area contributed by atoms with Crippen molar-refractivity contribution in [3.05, 3.63) is 29.8 Å². The molecule has 2 aliphatic heterocycles. The lowest BCUT2D eigenvalue weighted by Gasteiger charge is -2.30. The molecule has 2 saturated heterocycles. The second-order valence-electron chi connectivity index (χ2n) is 9.26. The number of benzene rings is 1. The zero-order chi connectivity index (χ0) is 24.9. The third kappa shape index (κ3) is 6.46. The van der Waals surface area contributed by atoms with E-state index in [1.54, 1.807) is 19.1 Å². The average Bonchev–Trinajstić information content (AvgIpc) is 3.42. The maximum atomic E-state index is 13.3. The molecule has 1 amide bonds. The number of rotatable bonds is 11. The minimum absolute atomic E-state index is 0.00749. The lowest BCUT2D eigenvalue weighted by molar-refractivity contribution is -0.0907. The van der Waals surface area contributed by atoms with Crippen molar-refractivity contribution < 1.29 is 32.5 Å². The molecule has 0 aromatic heterocycles. The Morgan fingerprint density at radius 3 is 2.59 bits per heavy atom. The van der Waals surface area contributed by atoms with Crippen LogP contribution in [-0.2, 0) is 30.8 Å². The van der Waals surface area contributed by atoms with Crippen molar-refractivity contribution in [2.24, 2.45) is 17.6 Å². The number of nitrogens with two attached hydrogens (primary N) is 1.